The van der Waals surface area contributed by atoms with Gasteiger partial charge in [-0.1, -0.05) is 6.42 Å². The topological polar surface area (TPSA) is 44.5 Å². The molecule has 2 rings (SSSR count). The van der Waals surface area contributed by atoms with Crippen LogP contribution in [0.5, 0.6) is 0 Å². The fourth-order valence-corrected chi connectivity index (χ4v) is 2.65. The molecule has 0 spiro atoms. The molecule has 2 fully saturated rings. The van der Waals surface area contributed by atoms with Gasteiger partial charge in [-0.3, -0.25) is 0 Å². The first kappa shape index (κ1) is 11.4. The minimum absolute atomic E-state index is 0.363. The Bertz CT molecular complexity index is 180. The van der Waals surface area contributed by atoms with Crippen molar-refractivity contribution in [3.05, 3.63) is 0 Å². The Morgan fingerprint density at radius 3 is 2.80 bits per heavy atom. The Hall–Kier alpha value is -0.120. The zero-order valence-electron chi connectivity index (χ0n) is 9.49. The predicted molar refractivity (Wildman–Crippen MR) is 59.7 cm³/mol. The van der Waals surface area contributed by atoms with Crippen molar-refractivity contribution in [1.29, 1.82) is 0 Å². The van der Waals surface area contributed by atoms with Gasteiger partial charge in [0.25, 0.3) is 0 Å². The van der Waals surface area contributed by atoms with Crippen molar-refractivity contribution < 1.29 is 9.47 Å². The summed E-state index contributed by atoms with van der Waals surface area (Å²) in [6.07, 6.45) is 7.67. The minimum atomic E-state index is 0.363. The number of hydrogen-bond donors (Lipinski definition) is 1. The molecule has 3 heteroatoms. The van der Waals surface area contributed by atoms with Crippen molar-refractivity contribution in [3.63, 3.8) is 0 Å². The Kier molecular flexibility index (Phi) is 4.42. The van der Waals surface area contributed by atoms with E-state index in [2.05, 4.69) is 0 Å². The highest BCUT2D eigenvalue weighted by Gasteiger charge is 2.23. The van der Waals surface area contributed by atoms with Crippen molar-refractivity contribution in [2.24, 2.45) is 11.7 Å². The van der Waals surface area contributed by atoms with Crippen LogP contribution in [0.4, 0.5) is 0 Å². The molecule has 2 N–H and O–H groups in total. The van der Waals surface area contributed by atoms with Gasteiger partial charge in [-0.05, 0) is 38.0 Å². The van der Waals surface area contributed by atoms with Gasteiger partial charge in [0, 0.05) is 19.3 Å². The third-order valence-corrected chi connectivity index (χ3v) is 3.68. The zero-order chi connectivity index (χ0) is 10.5. The second-order valence-electron chi connectivity index (χ2n) is 4.85. The van der Waals surface area contributed by atoms with Gasteiger partial charge in [-0.15, -0.1) is 0 Å². The lowest BCUT2D eigenvalue weighted by atomic mass is 10.0. The molecule has 0 aromatic heterocycles. The van der Waals surface area contributed by atoms with Crippen LogP contribution < -0.4 is 5.73 Å². The van der Waals surface area contributed by atoms with Crippen molar-refractivity contribution >= 4 is 0 Å². The van der Waals surface area contributed by atoms with Gasteiger partial charge < -0.3 is 15.2 Å². The Morgan fingerprint density at radius 1 is 1.20 bits per heavy atom. The van der Waals surface area contributed by atoms with E-state index < -0.39 is 0 Å². The van der Waals surface area contributed by atoms with Gasteiger partial charge in [-0.2, -0.15) is 0 Å². The highest BCUT2D eigenvalue weighted by molar-refractivity contribution is 4.79. The number of ether oxygens (including phenoxy) is 2. The van der Waals surface area contributed by atoms with E-state index in [1.54, 1.807) is 0 Å². The van der Waals surface area contributed by atoms with Crippen LogP contribution in [-0.2, 0) is 9.47 Å². The van der Waals surface area contributed by atoms with Crippen LogP contribution in [0, 0.1) is 5.92 Å². The number of nitrogens with two attached hydrogens (primary N) is 1. The second kappa shape index (κ2) is 5.83. The Morgan fingerprint density at radius 2 is 2.13 bits per heavy atom. The van der Waals surface area contributed by atoms with Crippen LogP contribution in [0.3, 0.4) is 0 Å². The van der Waals surface area contributed by atoms with Crippen LogP contribution in [0.1, 0.15) is 38.5 Å². The van der Waals surface area contributed by atoms with Crippen LogP contribution in [-0.4, -0.2) is 32.0 Å². The molecule has 0 radical (unpaired) electrons. The van der Waals surface area contributed by atoms with Gasteiger partial charge in [0.2, 0.25) is 0 Å². The Balaban J connectivity index is 1.51. The molecule has 1 heterocycles. The van der Waals surface area contributed by atoms with E-state index in [0.29, 0.717) is 18.1 Å². The first-order valence-corrected chi connectivity index (χ1v) is 6.31. The van der Waals surface area contributed by atoms with Gasteiger partial charge in [-0.25, -0.2) is 0 Å². The van der Waals surface area contributed by atoms with Crippen molar-refractivity contribution in [2.45, 2.75) is 50.7 Å². The molecule has 15 heavy (non-hydrogen) atoms. The highest BCUT2D eigenvalue weighted by Crippen LogP contribution is 2.26. The summed E-state index contributed by atoms with van der Waals surface area (Å²) in [6, 6.07) is 0.427. The van der Waals surface area contributed by atoms with Crippen molar-refractivity contribution in [2.75, 3.05) is 19.8 Å². The third kappa shape index (κ3) is 3.44. The van der Waals surface area contributed by atoms with E-state index >= 15 is 0 Å². The molecule has 0 bridgehead atoms. The van der Waals surface area contributed by atoms with Crippen LogP contribution >= 0.6 is 0 Å². The standard InChI is InChI=1S/C12H23NO2/c13-12-5-1-3-10(12)6-8-14-9-11-4-2-7-15-11/h10-12H,1-9,13H2. The quantitative estimate of drug-likeness (QED) is 0.707. The second-order valence-corrected chi connectivity index (χ2v) is 4.85. The van der Waals surface area contributed by atoms with E-state index in [9.17, 15) is 0 Å². The van der Waals surface area contributed by atoms with E-state index in [0.717, 1.165) is 26.2 Å². The molecule has 0 aromatic rings. The molecule has 3 unspecified atom stereocenters. The summed E-state index contributed by atoms with van der Waals surface area (Å²) in [4.78, 5) is 0. The van der Waals surface area contributed by atoms with Crippen LogP contribution in [0.2, 0.25) is 0 Å². The summed E-state index contributed by atoms with van der Waals surface area (Å²) in [5, 5.41) is 0. The summed E-state index contributed by atoms with van der Waals surface area (Å²) < 4.78 is 11.1. The van der Waals surface area contributed by atoms with E-state index in [4.69, 9.17) is 15.2 Å². The lowest BCUT2D eigenvalue weighted by Crippen LogP contribution is -2.25. The SMILES string of the molecule is NC1CCCC1CCOCC1CCCO1. The lowest BCUT2D eigenvalue weighted by Gasteiger charge is -2.16. The largest absolute Gasteiger partial charge is 0.379 e. The summed E-state index contributed by atoms with van der Waals surface area (Å²) in [5.41, 5.74) is 6.00. The maximum atomic E-state index is 6.00. The average molecular weight is 213 g/mol. The molecule has 88 valence electrons. The maximum absolute atomic E-state index is 6.00. The lowest BCUT2D eigenvalue weighted by molar-refractivity contribution is 0.0130. The van der Waals surface area contributed by atoms with Gasteiger partial charge in [0.1, 0.15) is 0 Å². The van der Waals surface area contributed by atoms with Gasteiger partial charge in [0.15, 0.2) is 0 Å². The molecule has 3 nitrogen and oxygen atoms in total. The molecule has 2 aliphatic rings. The summed E-state index contributed by atoms with van der Waals surface area (Å²) in [6.45, 7) is 2.56. The van der Waals surface area contributed by atoms with Crippen molar-refractivity contribution in [3.8, 4) is 0 Å². The molecule has 1 saturated heterocycles. The number of hydrogen-bond acceptors (Lipinski definition) is 3. The first-order chi connectivity index (χ1) is 7.36. The molecule has 3 atom stereocenters. The van der Waals surface area contributed by atoms with Gasteiger partial charge >= 0.3 is 0 Å². The summed E-state index contributed by atoms with van der Waals surface area (Å²) in [7, 11) is 0. The minimum Gasteiger partial charge on any atom is -0.379 e. The molecule has 0 amide bonds. The van der Waals surface area contributed by atoms with Crippen molar-refractivity contribution in [1.82, 2.24) is 0 Å². The molecule has 1 saturated carbocycles. The van der Waals surface area contributed by atoms with E-state index in [1.807, 2.05) is 0 Å². The number of rotatable bonds is 5. The van der Waals surface area contributed by atoms with E-state index in [-0.39, 0.29) is 0 Å². The summed E-state index contributed by atoms with van der Waals surface area (Å²) >= 11 is 0. The monoisotopic (exact) mass is 213 g/mol. The normalized spacial score (nSPS) is 36.2. The molecular formula is C12H23NO2. The molecule has 1 aliphatic carbocycles. The maximum Gasteiger partial charge on any atom is 0.0809 e. The highest BCUT2D eigenvalue weighted by atomic mass is 16.5. The predicted octanol–water partition coefficient (Wildman–Crippen LogP) is 1.70. The Labute approximate surface area is 92.3 Å². The molecule has 0 aromatic carbocycles. The fraction of sp³-hybridized carbons (Fsp3) is 1.00. The third-order valence-electron chi connectivity index (χ3n) is 3.68. The average Bonchev–Trinajstić information content (AvgIpc) is 2.85. The zero-order valence-corrected chi connectivity index (χ0v) is 9.49. The molecular weight excluding hydrogens is 190 g/mol. The molecule has 1 aliphatic heterocycles. The van der Waals surface area contributed by atoms with E-state index in [1.165, 1.54) is 32.1 Å². The van der Waals surface area contributed by atoms with Gasteiger partial charge in [0.05, 0.1) is 12.7 Å². The van der Waals surface area contributed by atoms with Crippen LogP contribution in [0.25, 0.3) is 0 Å². The van der Waals surface area contributed by atoms with Crippen LogP contribution in [0.15, 0.2) is 0 Å². The fourth-order valence-electron chi connectivity index (χ4n) is 2.65. The first-order valence-electron chi connectivity index (χ1n) is 6.31. The summed E-state index contributed by atoms with van der Waals surface area (Å²) in [5.74, 6) is 0.703. The smallest absolute Gasteiger partial charge is 0.0809 e.